The lowest BCUT2D eigenvalue weighted by atomic mass is 10.8. The maximum Gasteiger partial charge on any atom is 0.0412 e. The molecule has 8 heavy (non-hydrogen) atoms. The fraction of sp³-hybridized carbons (Fsp3) is 0.571. The molecule has 48 valence electrons. The lowest BCUT2D eigenvalue weighted by Gasteiger charge is -1.97. The first-order valence-electron chi connectivity index (χ1n) is 2.79. The van der Waals surface area contributed by atoms with Crippen molar-refractivity contribution in [3.8, 4) is 0 Å². The van der Waals surface area contributed by atoms with Gasteiger partial charge < -0.3 is 4.90 Å². The van der Waals surface area contributed by atoms with E-state index in [-0.39, 0.29) is 0 Å². The van der Waals surface area contributed by atoms with Crippen LogP contribution in [0, 0.1) is 0 Å². The third-order valence-corrected chi connectivity index (χ3v) is 0.349. The SMILES string of the molecule is C=C=CN(C)C.CC. The lowest BCUT2D eigenvalue weighted by molar-refractivity contribution is 0.565. The maximum absolute atomic E-state index is 3.38. The minimum atomic E-state index is 1.76. The van der Waals surface area contributed by atoms with Gasteiger partial charge in [0.15, 0.2) is 0 Å². The summed E-state index contributed by atoms with van der Waals surface area (Å²) in [7, 11) is 3.86. The maximum atomic E-state index is 3.38. The Morgan fingerprint density at radius 2 is 1.75 bits per heavy atom. The summed E-state index contributed by atoms with van der Waals surface area (Å²) in [6.07, 6.45) is 1.76. The first-order valence-corrected chi connectivity index (χ1v) is 2.79. The van der Waals surface area contributed by atoms with Crippen molar-refractivity contribution in [3.63, 3.8) is 0 Å². The van der Waals surface area contributed by atoms with E-state index < -0.39 is 0 Å². The van der Waals surface area contributed by atoms with Crippen LogP contribution < -0.4 is 0 Å². The Kier molecular flexibility index (Phi) is 12.4. The molecule has 0 aliphatic heterocycles. The molecule has 0 fully saturated rings. The molecule has 0 aliphatic rings. The van der Waals surface area contributed by atoms with Gasteiger partial charge in [0.25, 0.3) is 0 Å². The van der Waals surface area contributed by atoms with Gasteiger partial charge in [0.1, 0.15) is 0 Å². The van der Waals surface area contributed by atoms with E-state index in [1.54, 1.807) is 6.20 Å². The second-order valence-corrected chi connectivity index (χ2v) is 1.30. The quantitative estimate of drug-likeness (QED) is 0.469. The molecule has 0 aromatic carbocycles. The zero-order valence-corrected chi connectivity index (χ0v) is 6.23. The van der Waals surface area contributed by atoms with Crippen molar-refractivity contribution in [1.82, 2.24) is 4.90 Å². The molecule has 0 amide bonds. The highest BCUT2D eigenvalue weighted by Gasteiger charge is 1.64. The summed E-state index contributed by atoms with van der Waals surface area (Å²) >= 11 is 0. The zero-order chi connectivity index (χ0) is 6.99. The van der Waals surface area contributed by atoms with Gasteiger partial charge in [-0.3, -0.25) is 0 Å². The molecule has 0 heterocycles. The fourth-order valence-electron chi connectivity index (χ4n) is 0.183. The molecule has 0 rings (SSSR count). The van der Waals surface area contributed by atoms with E-state index in [2.05, 4.69) is 12.3 Å². The van der Waals surface area contributed by atoms with Gasteiger partial charge in [-0.25, -0.2) is 0 Å². The second-order valence-electron chi connectivity index (χ2n) is 1.30. The standard InChI is InChI=1S/C5H9N.C2H6/c1-4-5-6(2)3;1-2/h5H,1H2,2-3H3;1-2H3. The molecule has 0 spiro atoms. The monoisotopic (exact) mass is 113 g/mol. The van der Waals surface area contributed by atoms with Gasteiger partial charge in [0.2, 0.25) is 0 Å². The molecule has 0 aromatic heterocycles. The fourth-order valence-corrected chi connectivity index (χ4v) is 0.183. The Morgan fingerprint density at radius 3 is 1.75 bits per heavy atom. The molecule has 1 nitrogen and oxygen atoms in total. The average molecular weight is 113 g/mol. The van der Waals surface area contributed by atoms with E-state index in [1.165, 1.54) is 0 Å². The molecule has 0 aromatic rings. The van der Waals surface area contributed by atoms with E-state index in [9.17, 15) is 0 Å². The van der Waals surface area contributed by atoms with Gasteiger partial charge in [-0.2, -0.15) is 0 Å². The van der Waals surface area contributed by atoms with E-state index in [4.69, 9.17) is 0 Å². The summed E-state index contributed by atoms with van der Waals surface area (Å²) in [5.74, 6) is 0. The lowest BCUT2D eigenvalue weighted by Crippen LogP contribution is -1.98. The molecule has 0 unspecified atom stereocenters. The highest BCUT2D eigenvalue weighted by molar-refractivity contribution is 4.71. The van der Waals surface area contributed by atoms with Gasteiger partial charge in [0.05, 0.1) is 0 Å². The Hall–Kier alpha value is -0.680. The summed E-state index contributed by atoms with van der Waals surface area (Å²) in [6, 6.07) is 0. The van der Waals surface area contributed by atoms with Crippen LogP contribution >= 0.6 is 0 Å². The molecule has 0 N–H and O–H groups in total. The van der Waals surface area contributed by atoms with Gasteiger partial charge in [0, 0.05) is 20.3 Å². The van der Waals surface area contributed by atoms with Crippen molar-refractivity contribution in [2.24, 2.45) is 0 Å². The van der Waals surface area contributed by atoms with Gasteiger partial charge in [-0.15, -0.1) is 5.73 Å². The number of hydrogen-bond donors (Lipinski definition) is 0. The van der Waals surface area contributed by atoms with Gasteiger partial charge >= 0.3 is 0 Å². The molecule has 0 saturated carbocycles. The summed E-state index contributed by atoms with van der Waals surface area (Å²) in [6.45, 7) is 7.38. The topological polar surface area (TPSA) is 3.24 Å². The van der Waals surface area contributed by atoms with Crippen LogP contribution in [0.4, 0.5) is 0 Å². The number of nitrogens with zero attached hydrogens (tertiary/aromatic N) is 1. The van der Waals surface area contributed by atoms with Gasteiger partial charge in [-0.05, 0) is 0 Å². The first-order chi connectivity index (χ1) is 3.77. The van der Waals surface area contributed by atoms with E-state index in [1.807, 2.05) is 32.8 Å². The van der Waals surface area contributed by atoms with Crippen LogP contribution in [0.5, 0.6) is 0 Å². The average Bonchev–Trinajstić information content (AvgIpc) is 1.72. The zero-order valence-electron chi connectivity index (χ0n) is 6.23. The highest BCUT2D eigenvalue weighted by atomic mass is 15.0. The summed E-state index contributed by atoms with van der Waals surface area (Å²) in [5, 5.41) is 0. The van der Waals surface area contributed by atoms with Crippen molar-refractivity contribution >= 4 is 0 Å². The Bertz CT molecular complexity index is 68.5. The van der Waals surface area contributed by atoms with Crippen LogP contribution in [0.2, 0.25) is 0 Å². The predicted octanol–water partition coefficient (Wildman–Crippen LogP) is 1.87. The molecule has 0 saturated heterocycles. The van der Waals surface area contributed by atoms with Crippen LogP contribution in [0.15, 0.2) is 18.5 Å². The number of hydrogen-bond acceptors (Lipinski definition) is 1. The Morgan fingerprint density at radius 1 is 1.38 bits per heavy atom. The summed E-state index contributed by atoms with van der Waals surface area (Å²) in [5.41, 5.74) is 2.62. The van der Waals surface area contributed by atoms with Crippen LogP contribution in [0.1, 0.15) is 13.8 Å². The minimum absolute atomic E-state index is 1.76. The molecule has 0 bridgehead atoms. The smallest absolute Gasteiger partial charge is 0.0412 e. The summed E-state index contributed by atoms with van der Waals surface area (Å²) in [4.78, 5) is 1.88. The second kappa shape index (κ2) is 9.58. The predicted molar refractivity (Wildman–Crippen MR) is 38.7 cm³/mol. The Balaban J connectivity index is 0. The minimum Gasteiger partial charge on any atom is -0.377 e. The molecule has 0 atom stereocenters. The van der Waals surface area contributed by atoms with Crippen molar-refractivity contribution in [2.45, 2.75) is 13.8 Å². The van der Waals surface area contributed by atoms with Crippen LogP contribution in [0.3, 0.4) is 0 Å². The Labute approximate surface area is 52.3 Å². The first kappa shape index (κ1) is 10.3. The van der Waals surface area contributed by atoms with Crippen molar-refractivity contribution in [2.75, 3.05) is 14.1 Å². The van der Waals surface area contributed by atoms with Crippen molar-refractivity contribution in [3.05, 3.63) is 18.5 Å². The van der Waals surface area contributed by atoms with E-state index in [0.29, 0.717) is 0 Å². The van der Waals surface area contributed by atoms with Gasteiger partial charge in [-0.1, -0.05) is 20.4 Å². The van der Waals surface area contributed by atoms with Crippen LogP contribution in [-0.4, -0.2) is 19.0 Å². The van der Waals surface area contributed by atoms with Crippen molar-refractivity contribution < 1.29 is 0 Å². The number of rotatable bonds is 1. The molecular formula is C7H15N. The largest absolute Gasteiger partial charge is 0.377 e. The molecule has 0 aliphatic carbocycles. The third-order valence-electron chi connectivity index (χ3n) is 0.349. The third kappa shape index (κ3) is 18.4. The van der Waals surface area contributed by atoms with Crippen molar-refractivity contribution in [1.29, 1.82) is 0 Å². The van der Waals surface area contributed by atoms with Crippen LogP contribution in [0.25, 0.3) is 0 Å². The molecule has 1 heteroatoms. The normalized spacial score (nSPS) is 5.50. The molecule has 0 radical (unpaired) electrons. The molecular weight excluding hydrogens is 98.1 g/mol. The summed E-state index contributed by atoms with van der Waals surface area (Å²) < 4.78 is 0. The van der Waals surface area contributed by atoms with E-state index >= 15 is 0 Å². The highest BCUT2D eigenvalue weighted by Crippen LogP contribution is 1.67. The van der Waals surface area contributed by atoms with E-state index in [0.717, 1.165) is 0 Å². The van der Waals surface area contributed by atoms with Crippen LogP contribution in [-0.2, 0) is 0 Å².